The summed E-state index contributed by atoms with van der Waals surface area (Å²) < 4.78 is 6.29. The maximum Gasteiger partial charge on any atom is 0.293 e. The van der Waals surface area contributed by atoms with Crippen LogP contribution in [0, 0.1) is 0 Å². The summed E-state index contributed by atoms with van der Waals surface area (Å²) in [4.78, 5) is 15.4. The van der Waals surface area contributed by atoms with Crippen molar-refractivity contribution in [2.75, 3.05) is 25.6 Å². The van der Waals surface area contributed by atoms with Crippen LogP contribution in [0.3, 0.4) is 0 Å². The van der Waals surface area contributed by atoms with Gasteiger partial charge in [0.15, 0.2) is 5.82 Å². The molecule has 1 rings (SSSR count). The van der Waals surface area contributed by atoms with Gasteiger partial charge in [0.2, 0.25) is 0 Å². The van der Waals surface area contributed by atoms with Gasteiger partial charge in [-0.25, -0.2) is 4.98 Å². The van der Waals surface area contributed by atoms with Crippen LogP contribution in [0.4, 0.5) is 5.82 Å². The zero-order valence-corrected chi connectivity index (χ0v) is 8.80. The number of anilines is 1. The standard InChI is InChI=1S/C9H15N3O3/c1-12-4-3-10-8(9(12)14)11-7(5-13)6-15-2/h3-4,7,13H,5-6H2,1-2H3,(H,10,11). The molecule has 1 atom stereocenters. The molecule has 0 aromatic carbocycles. The molecule has 0 radical (unpaired) electrons. The molecule has 84 valence electrons. The molecule has 0 fully saturated rings. The lowest BCUT2D eigenvalue weighted by molar-refractivity contribution is 0.153. The van der Waals surface area contributed by atoms with Gasteiger partial charge < -0.3 is 19.7 Å². The van der Waals surface area contributed by atoms with Gasteiger partial charge in [-0.2, -0.15) is 0 Å². The third-order valence-electron chi connectivity index (χ3n) is 1.95. The number of methoxy groups -OCH3 is 1. The van der Waals surface area contributed by atoms with Crippen LogP contribution in [0.25, 0.3) is 0 Å². The minimum absolute atomic E-state index is 0.117. The summed E-state index contributed by atoms with van der Waals surface area (Å²) in [6, 6.07) is -0.322. The topological polar surface area (TPSA) is 76.4 Å². The number of nitrogens with zero attached hydrogens (tertiary/aromatic N) is 2. The smallest absolute Gasteiger partial charge is 0.293 e. The molecule has 0 amide bonds. The van der Waals surface area contributed by atoms with Crippen LogP contribution in [0.2, 0.25) is 0 Å². The fourth-order valence-electron chi connectivity index (χ4n) is 1.13. The summed E-state index contributed by atoms with van der Waals surface area (Å²) in [7, 11) is 3.17. The highest BCUT2D eigenvalue weighted by Gasteiger charge is 2.10. The van der Waals surface area contributed by atoms with E-state index in [1.807, 2.05) is 0 Å². The predicted molar refractivity (Wildman–Crippen MR) is 55.9 cm³/mol. The fourth-order valence-corrected chi connectivity index (χ4v) is 1.13. The quantitative estimate of drug-likeness (QED) is 0.669. The molecule has 1 unspecified atom stereocenters. The van der Waals surface area contributed by atoms with Crippen molar-refractivity contribution in [3.63, 3.8) is 0 Å². The van der Waals surface area contributed by atoms with Crippen molar-refractivity contribution in [1.29, 1.82) is 0 Å². The second-order valence-electron chi connectivity index (χ2n) is 3.17. The molecule has 0 bridgehead atoms. The Morgan fingerprint density at radius 3 is 3.07 bits per heavy atom. The summed E-state index contributed by atoms with van der Waals surface area (Å²) in [5.74, 6) is 0.219. The highest BCUT2D eigenvalue weighted by molar-refractivity contribution is 5.32. The van der Waals surface area contributed by atoms with Crippen LogP contribution in [0.1, 0.15) is 0 Å². The van der Waals surface area contributed by atoms with E-state index in [-0.39, 0.29) is 24.0 Å². The van der Waals surface area contributed by atoms with Gasteiger partial charge >= 0.3 is 0 Å². The Bertz CT molecular complexity index is 364. The first-order valence-corrected chi connectivity index (χ1v) is 4.57. The first kappa shape index (κ1) is 11.7. The summed E-state index contributed by atoms with van der Waals surface area (Å²) in [6.45, 7) is 0.198. The third kappa shape index (κ3) is 3.03. The first-order valence-electron chi connectivity index (χ1n) is 4.57. The molecule has 0 spiro atoms. The molecule has 0 aliphatic heterocycles. The maximum absolute atomic E-state index is 11.5. The number of rotatable bonds is 5. The number of hydrogen-bond acceptors (Lipinski definition) is 5. The van der Waals surface area contributed by atoms with Crippen LogP contribution in [0.15, 0.2) is 17.2 Å². The highest BCUT2D eigenvalue weighted by atomic mass is 16.5. The van der Waals surface area contributed by atoms with Crippen LogP contribution in [-0.4, -0.2) is 41.0 Å². The van der Waals surface area contributed by atoms with E-state index in [1.165, 1.54) is 17.9 Å². The molecule has 1 heterocycles. The molecular weight excluding hydrogens is 198 g/mol. The van der Waals surface area contributed by atoms with E-state index in [1.54, 1.807) is 13.2 Å². The van der Waals surface area contributed by atoms with Crippen molar-refractivity contribution in [3.8, 4) is 0 Å². The van der Waals surface area contributed by atoms with Crippen LogP contribution >= 0.6 is 0 Å². The minimum Gasteiger partial charge on any atom is -0.394 e. The molecule has 1 aromatic rings. The lowest BCUT2D eigenvalue weighted by Crippen LogP contribution is -2.33. The number of aromatic nitrogens is 2. The van der Waals surface area contributed by atoms with E-state index < -0.39 is 0 Å². The first-order chi connectivity index (χ1) is 7.19. The van der Waals surface area contributed by atoms with Gasteiger partial charge in [0, 0.05) is 26.6 Å². The Kier molecular flexibility index (Phi) is 4.26. The molecule has 0 saturated carbocycles. The Morgan fingerprint density at radius 1 is 1.73 bits per heavy atom. The lowest BCUT2D eigenvalue weighted by atomic mass is 10.3. The van der Waals surface area contributed by atoms with Crippen LogP contribution < -0.4 is 10.9 Å². The Balaban J connectivity index is 2.79. The normalized spacial score (nSPS) is 12.5. The van der Waals surface area contributed by atoms with Crippen molar-refractivity contribution in [2.45, 2.75) is 6.04 Å². The molecule has 0 saturated heterocycles. The number of hydrogen-bond donors (Lipinski definition) is 2. The minimum atomic E-state index is -0.322. The van der Waals surface area contributed by atoms with Gasteiger partial charge in [-0.05, 0) is 0 Å². The van der Waals surface area contributed by atoms with Gasteiger partial charge in [0.25, 0.3) is 5.56 Å². The number of nitrogens with one attached hydrogen (secondary N) is 1. The second kappa shape index (κ2) is 5.47. The number of aliphatic hydroxyl groups is 1. The largest absolute Gasteiger partial charge is 0.394 e. The van der Waals surface area contributed by atoms with Crippen molar-refractivity contribution in [1.82, 2.24) is 9.55 Å². The Hall–Kier alpha value is -1.40. The average molecular weight is 213 g/mol. The predicted octanol–water partition coefficient (Wildman–Crippen LogP) is -0.801. The summed E-state index contributed by atoms with van der Waals surface area (Å²) in [6.07, 6.45) is 3.09. The van der Waals surface area contributed by atoms with Gasteiger partial charge in [-0.15, -0.1) is 0 Å². The monoisotopic (exact) mass is 213 g/mol. The molecule has 0 aliphatic carbocycles. The van der Waals surface area contributed by atoms with Crippen molar-refractivity contribution in [2.24, 2.45) is 7.05 Å². The van der Waals surface area contributed by atoms with Gasteiger partial charge in [-0.3, -0.25) is 4.79 Å². The lowest BCUT2D eigenvalue weighted by Gasteiger charge is -2.15. The molecule has 6 heteroatoms. The third-order valence-corrected chi connectivity index (χ3v) is 1.95. The second-order valence-corrected chi connectivity index (χ2v) is 3.17. The van der Waals surface area contributed by atoms with Crippen molar-refractivity contribution in [3.05, 3.63) is 22.7 Å². The van der Waals surface area contributed by atoms with Crippen molar-refractivity contribution < 1.29 is 9.84 Å². The Morgan fingerprint density at radius 2 is 2.47 bits per heavy atom. The fraction of sp³-hybridized carbons (Fsp3) is 0.556. The molecule has 15 heavy (non-hydrogen) atoms. The van der Waals surface area contributed by atoms with Crippen LogP contribution in [0.5, 0.6) is 0 Å². The Labute approximate surface area is 87.5 Å². The van der Waals surface area contributed by atoms with E-state index >= 15 is 0 Å². The van der Waals surface area contributed by atoms with E-state index in [9.17, 15) is 4.79 Å². The zero-order chi connectivity index (χ0) is 11.3. The number of aliphatic hydroxyl groups excluding tert-OH is 1. The summed E-state index contributed by atoms with van der Waals surface area (Å²) in [5, 5.41) is 11.8. The number of aryl methyl sites for hydroxylation is 1. The maximum atomic E-state index is 11.5. The summed E-state index contributed by atoms with van der Waals surface area (Å²) >= 11 is 0. The summed E-state index contributed by atoms with van der Waals surface area (Å²) in [5.41, 5.74) is -0.230. The van der Waals surface area contributed by atoms with Gasteiger partial charge in [0.1, 0.15) is 0 Å². The zero-order valence-electron chi connectivity index (χ0n) is 8.80. The van der Waals surface area contributed by atoms with E-state index in [2.05, 4.69) is 10.3 Å². The van der Waals surface area contributed by atoms with E-state index in [4.69, 9.17) is 9.84 Å². The molecule has 1 aromatic heterocycles. The SMILES string of the molecule is COCC(CO)Nc1nccn(C)c1=O. The van der Waals surface area contributed by atoms with E-state index in [0.717, 1.165) is 0 Å². The van der Waals surface area contributed by atoms with Gasteiger partial charge in [0.05, 0.1) is 19.3 Å². The molecule has 0 aliphatic rings. The van der Waals surface area contributed by atoms with Crippen LogP contribution in [-0.2, 0) is 11.8 Å². The molecule has 2 N–H and O–H groups in total. The molecule has 6 nitrogen and oxygen atoms in total. The van der Waals surface area contributed by atoms with Crippen molar-refractivity contribution >= 4 is 5.82 Å². The number of ether oxygens (including phenoxy) is 1. The van der Waals surface area contributed by atoms with E-state index in [0.29, 0.717) is 6.61 Å². The highest BCUT2D eigenvalue weighted by Crippen LogP contribution is 1.96. The average Bonchev–Trinajstić information content (AvgIpc) is 2.24. The van der Waals surface area contributed by atoms with Gasteiger partial charge in [-0.1, -0.05) is 0 Å². The molecular formula is C9H15N3O3.